The smallest absolute Gasteiger partial charge is 0.408 e. The first-order valence-electron chi connectivity index (χ1n) is 9.06. The van der Waals surface area contributed by atoms with Crippen LogP contribution in [0.3, 0.4) is 0 Å². The summed E-state index contributed by atoms with van der Waals surface area (Å²) in [4.78, 5) is 43.8. The Morgan fingerprint density at radius 3 is 2.41 bits per heavy atom. The van der Waals surface area contributed by atoms with Crippen LogP contribution in [0.25, 0.3) is 0 Å². The van der Waals surface area contributed by atoms with E-state index in [0.717, 1.165) is 12.8 Å². The number of nitrogens with one attached hydrogen (secondary N) is 4. The van der Waals surface area contributed by atoms with Crippen LogP contribution in [0.4, 0.5) is 10.6 Å². The lowest BCUT2D eigenvalue weighted by molar-refractivity contribution is -0.130. The lowest BCUT2D eigenvalue weighted by Crippen LogP contribution is -2.58. The quantitative estimate of drug-likeness (QED) is 0.550. The van der Waals surface area contributed by atoms with Gasteiger partial charge < -0.3 is 25.7 Å². The van der Waals surface area contributed by atoms with Gasteiger partial charge in [-0.15, -0.1) is 0 Å². The van der Waals surface area contributed by atoms with E-state index in [-0.39, 0.29) is 5.91 Å². The van der Waals surface area contributed by atoms with Crippen molar-refractivity contribution in [1.82, 2.24) is 20.6 Å². The average molecular weight is 381 g/mol. The molecule has 1 atom stereocenters. The fourth-order valence-electron chi connectivity index (χ4n) is 2.18. The molecule has 27 heavy (non-hydrogen) atoms. The number of hydrogen-bond donors (Lipinski definition) is 4. The molecule has 0 unspecified atom stereocenters. The lowest BCUT2D eigenvalue weighted by atomic mass is 10.0. The molecule has 1 rings (SSSR count). The molecule has 0 fully saturated rings. The molecule has 0 aliphatic carbocycles. The van der Waals surface area contributed by atoms with Crippen LogP contribution in [0, 0.1) is 0 Å². The molecule has 1 heterocycles. The van der Waals surface area contributed by atoms with Gasteiger partial charge in [-0.05, 0) is 41.0 Å². The number of rotatable bonds is 8. The second-order valence-electron chi connectivity index (χ2n) is 7.87. The summed E-state index contributed by atoms with van der Waals surface area (Å²) in [7, 11) is 0. The van der Waals surface area contributed by atoms with E-state index in [1.807, 2.05) is 6.92 Å². The predicted octanol–water partition coefficient (Wildman–Crippen LogP) is 2.33. The highest BCUT2D eigenvalue weighted by Gasteiger charge is 2.34. The van der Waals surface area contributed by atoms with Crippen LogP contribution in [-0.2, 0) is 14.3 Å². The zero-order chi connectivity index (χ0) is 20.7. The second kappa shape index (κ2) is 9.38. The summed E-state index contributed by atoms with van der Waals surface area (Å²) in [6.45, 7) is 10.3. The third-order valence-electron chi connectivity index (χ3n) is 3.61. The van der Waals surface area contributed by atoms with Crippen molar-refractivity contribution in [2.45, 2.75) is 78.0 Å². The van der Waals surface area contributed by atoms with E-state index in [1.54, 1.807) is 34.6 Å². The van der Waals surface area contributed by atoms with Crippen LogP contribution in [0.5, 0.6) is 0 Å². The van der Waals surface area contributed by atoms with Gasteiger partial charge in [0.1, 0.15) is 23.0 Å². The minimum atomic E-state index is -1.25. The molecule has 0 aromatic carbocycles. The number of carbonyl (C=O) groups is 3. The summed E-state index contributed by atoms with van der Waals surface area (Å²) in [6, 6.07) is -0.736. The summed E-state index contributed by atoms with van der Waals surface area (Å²) >= 11 is 0. The van der Waals surface area contributed by atoms with Crippen molar-refractivity contribution < 1.29 is 19.1 Å². The Morgan fingerprint density at radius 2 is 1.89 bits per heavy atom. The van der Waals surface area contributed by atoms with Crippen molar-refractivity contribution in [3.63, 3.8) is 0 Å². The maximum absolute atomic E-state index is 12.7. The van der Waals surface area contributed by atoms with Gasteiger partial charge in [-0.25, -0.2) is 9.78 Å². The number of H-pyrrole nitrogens is 1. The second-order valence-corrected chi connectivity index (χ2v) is 7.87. The Kier molecular flexibility index (Phi) is 7.81. The van der Waals surface area contributed by atoms with E-state index >= 15 is 0 Å². The van der Waals surface area contributed by atoms with E-state index in [2.05, 4.69) is 25.9 Å². The minimum Gasteiger partial charge on any atom is -0.444 e. The van der Waals surface area contributed by atoms with Crippen LogP contribution in [0.15, 0.2) is 12.5 Å². The zero-order valence-electron chi connectivity index (χ0n) is 16.9. The van der Waals surface area contributed by atoms with Crippen LogP contribution < -0.4 is 16.0 Å². The van der Waals surface area contributed by atoms with E-state index in [0.29, 0.717) is 12.2 Å². The number of hydrogen-bond acceptors (Lipinski definition) is 5. The molecule has 152 valence electrons. The van der Waals surface area contributed by atoms with Gasteiger partial charge in [0.05, 0.1) is 12.5 Å². The molecule has 0 aliphatic rings. The van der Waals surface area contributed by atoms with Crippen LogP contribution >= 0.6 is 0 Å². The Morgan fingerprint density at radius 1 is 1.22 bits per heavy atom. The first-order valence-corrected chi connectivity index (χ1v) is 9.06. The maximum Gasteiger partial charge on any atom is 0.408 e. The molecule has 0 radical (unpaired) electrons. The third kappa shape index (κ3) is 8.10. The van der Waals surface area contributed by atoms with Crippen molar-refractivity contribution >= 4 is 23.7 Å². The van der Waals surface area contributed by atoms with Crippen LogP contribution in [0.2, 0.25) is 0 Å². The maximum atomic E-state index is 12.7. The molecular weight excluding hydrogens is 350 g/mol. The van der Waals surface area contributed by atoms with Crippen molar-refractivity contribution in [3.8, 4) is 0 Å². The van der Waals surface area contributed by atoms with Gasteiger partial charge in [0, 0.05) is 0 Å². The monoisotopic (exact) mass is 381 g/mol. The SMILES string of the molecule is CCCC[C@@H](NC(=O)C(C)(C)NC(=O)OC(C)(C)C)C(=O)Nc1cnc[nH]1. The first-order chi connectivity index (χ1) is 12.4. The van der Waals surface area contributed by atoms with E-state index in [9.17, 15) is 14.4 Å². The number of aromatic amines is 1. The fourth-order valence-corrected chi connectivity index (χ4v) is 2.18. The Balaban J connectivity index is 2.75. The van der Waals surface area contributed by atoms with Crippen molar-refractivity contribution in [1.29, 1.82) is 0 Å². The summed E-state index contributed by atoms with van der Waals surface area (Å²) in [6.07, 6.45) is 4.35. The van der Waals surface area contributed by atoms with Gasteiger partial charge in [0.2, 0.25) is 11.8 Å². The van der Waals surface area contributed by atoms with E-state index < -0.39 is 29.2 Å². The van der Waals surface area contributed by atoms with Gasteiger partial charge in [-0.3, -0.25) is 9.59 Å². The highest BCUT2D eigenvalue weighted by atomic mass is 16.6. The Bertz CT molecular complexity index is 635. The Hall–Kier alpha value is -2.58. The van der Waals surface area contributed by atoms with Crippen LogP contribution in [-0.4, -0.2) is 45.1 Å². The molecule has 4 N–H and O–H groups in total. The molecule has 9 heteroatoms. The summed E-state index contributed by atoms with van der Waals surface area (Å²) < 4.78 is 5.19. The van der Waals surface area contributed by atoms with Crippen molar-refractivity contribution in [2.75, 3.05) is 5.32 Å². The molecule has 1 aromatic rings. The summed E-state index contributed by atoms with van der Waals surface area (Å²) in [5.74, 6) is -0.384. The van der Waals surface area contributed by atoms with Gasteiger partial charge >= 0.3 is 6.09 Å². The number of aromatic nitrogens is 2. The Labute approximate surface area is 160 Å². The van der Waals surface area contributed by atoms with Gasteiger partial charge in [-0.2, -0.15) is 0 Å². The number of anilines is 1. The molecule has 0 aliphatic heterocycles. The van der Waals surface area contributed by atoms with Gasteiger partial charge in [0.25, 0.3) is 0 Å². The molecular formula is C18H31N5O4. The number of unbranched alkanes of at least 4 members (excludes halogenated alkanes) is 1. The molecule has 1 aromatic heterocycles. The highest BCUT2D eigenvalue weighted by Crippen LogP contribution is 2.11. The third-order valence-corrected chi connectivity index (χ3v) is 3.61. The van der Waals surface area contributed by atoms with E-state index in [4.69, 9.17) is 4.74 Å². The van der Waals surface area contributed by atoms with Gasteiger partial charge in [0.15, 0.2) is 0 Å². The largest absolute Gasteiger partial charge is 0.444 e. The lowest BCUT2D eigenvalue weighted by Gasteiger charge is -2.29. The molecule has 9 nitrogen and oxygen atoms in total. The standard InChI is InChI=1S/C18H31N5O4/c1-7-8-9-12(14(24)22-13-10-19-11-20-13)21-15(25)18(5,6)23-16(26)27-17(2,3)4/h10-12H,7-9H2,1-6H3,(H,19,20)(H,21,25)(H,22,24)(H,23,26)/t12-/m1/s1. The summed E-state index contributed by atoms with van der Waals surface area (Å²) in [5.41, 5.74) is -1.93. The molecule has 3 amide bonds. The van der Waals surface area contributed by atoms with Gasteiger partial charge in [-0.1, -0.05) is 19.8 Å². The molecule has 0 bridgehead atoms. The van der Waals surface area contributed by atoms with Crippen molar-refractivity contribution in [3.05, 3.63) is 12.5 Å². The zero-order valence-corrected chi connectivity index (χ0v) is 16.9. The normalized spacial score (nSPS) is 12.8. The molecule has 0 saturated heterocycles. The summed E-state index contributed by atoms with van der Waals surface area (Å²) in [5, 5.41) is 7.93. The number of imidazole rings is 1. The van der Waals surface area contributed by atoms with Crippen LogP contribution in [0.1, 0.15) is 60.8 Å². The number of nitrogens with zero attached hydrogens (tertiary/aromatic N) is 1. The molecule has 0 saturated carbocycles. The van der Waals surface area contributed by atoms with E-state index in [1.165, 1.54) is 12.5 Å². The number of carbonyl (C=O) groups excluding carboxylic acids is 3. The number of ether oxygens (including phenoxy) is 1. The number of amides is 3. The molecule has 0 spiro atoms. The minimum absolute atomic E-state index is 0.353. The highest BCUT2D eigenvalue weighted by molar-refractivity contribution is 5.98. The fraction of sp³-hybridized carbons (Fsp3) is 0.667. The average Bonchev–Trinajstić information content (AvgIpc) is 3.01. The predicted molar refractivity (Wildman–Crippen MR) is 102 cm³/mol. The first kappa shape index (κ1) is 22.5. The number of alkyl carbamates (subject to hydrolysis) is 1. The van der Waals surface area contributed by atoms with Crippen molar-refractivity contribution in [2.24, 2.45) is 0 Å². The topological polar surface area (TPSA) is 125 Å².